The first kappa shape index (κ1) is 31.1. The van der Waals surface area contributed by atoms with Gasteiger partial charge in [0.25, 0.3) is 0 Å². The number of thiophene rings is 1. The number of amidine groups is 1. The minimum absolute atomic E-state index is 0.260. The molecular formula is C37H44FN3OS. The van der Waals surface area contributed by atoms with Crippen LogP contribution in [-0.4, -0.2) is 49.9 Å². The third-order valence-corrected chi connectivity index (χ3v) is 10.2. The lowest BCUT2D eigenvalue weighted by molar-refractivity contribution is -0.112. The van der Waals surface area contributed by atoms with E-state index in [0.29, 0.717) is 18.9 Å². The van der Waals surface area contributed by atoms with Crippen molar-refractivity contribution < 1.29 is 9.18 Å². The summed E-state index contributed by atoms with van der Waals surface area (Å²) in [6.07, 6.45) is 23.5. The summed E-state index contributed by atoms with van der Waals surface area (Å²) in [4.78, 5) is 21.7. The SMILES string of the molecule is CC1(C2C=CCC(CF)=CC2)CCN(CCCN=C(NC(C=O)(C2=CC=CC=CC2)c2ccccc2)c2cccs2)CC1. The van der Waals surface area contributed by atoms with Gasteiger partial charge in [0.15, 0.2) is 6.29 Å². The Labute approximate surface area is 260 Å². The van der Waals surface area contributed by atoms with Crippen molar-refractivity contribution in [1.29, 1.82) is 0 Å². The summed E-state index contributed by atoms with van der Waals surface area (Å²) in [5.41, 5.74) is 2.05. The topological polar surface area (TPSA) is 44.7 Å². The molecule has 2 unspecified atom stereocenters. The van der Waals surface area contributed by atoms with Crippen molar-refractivity contribution in [2.24, 2.45) is 16.3 Å². The predicted octanol–water partition coefficient (Wildman–Crippen LogP) is 7.98. The molecule has 3 aliphatic rings. The van der Waals surface area contributed by atoms with Gasteiger partial charge in [0, 0.05) is 6.54 Å². The van der Waals surface area contributed by atoms with Crippen LogP contribution in [0, 0.1) is 11.3 Å². The number of allylic oxidation sites excluding steroid dienone is 9. The van der Waals surface area contributed by atoms with Crippen molar-refractivity contribution in [1.82, 2.24) is 10.2 Å². The number of rotatable bonds is 11. The van der Waals surface area contributed by atoms with Crippen molar-refractivity contribution in [2.45, 2.75) is 51.0 Å². The number of hydrogen-bond donors (Lipinski definition) is 1. The second kappa shape index (κ2) is 14.9. The van der Waals surface area contributed by atoms with Gasteiger partial charge in [0.05, 0.1) is 4.88 Å². The highest BCUT2D eigenvalue weighted by atomic mass is 32.1. The highest BCUT2D eigenvalue weighted by molar-refractivity contribution is 7.12. The molecule has 4 nitrogen and oxygen atoms in total. The molecule has 1 aromatic heterocycles. The van der Waals surface area contributed by atoms with Crippen molar-refractivity contribution in [3.05, 3.63) is 118 Å². The van der Waals surface area contributed by atoms with E-state index in [9.17, 15) is 9.18 Å². The quantitative estimate of drug-likeness (QED) is 0.0939. The van der Waals surface area contributed by atoms with Gasteiger partial charge in [0.1, 0.15) is 18.0 Å². The standard InChI is InChI=1S/C37H44FN3OS/c1-36(31-17-9-12-30(28-38)19-20-31)21-25-41(26-22-36)24-11-23-39-35(34-18-10-27-43-34)40-37(29-42,33-15-7-4-8-16-33)32-13-5-2-3-6-14-32/h2-10,13,15-19,27,29,31H,11-12,14,20-26,28H2,1H3,(H,39,40). The molecule has 2 aromatic rings. The number of piperidine rings is 1. The van der Waals surface area contributed by atoms with Crippen LogP contribution in [0.15, 0.2) is 113 Å². The third kappa shape index (κ3) is 7.60. The molecule has 6 heteroatoms. The molecule has 1 saturated heterocycles. The van der Waals surface area contributed by atoms with E-state index in [0.717, 1.165) is 85.4 Å². The molecular weight excluding hydrogens is 553 g/mol. The van der Waals surface area contributed by atoms with Gasteiger partial charge in [0.2, 0.25) is 0 Å². The summed E-state index contributed by atoms with van der Waals surface area (Å²) < 4.78 is 13.2. The maximum atomic E-state index is 13.2. The van der Waals surface area contributed by atoms with Crippen molar-refractivity contribution in [3.8, 4) is 0 Å². The molecule has 0 spiro atoms. The number of halogens is 1. The number of alkyl halides is 1. The zero-order valence-electron chi connectivity index (χ0n) is 25.3. The number of benzene rings is 1. The first-order valence-electron chi connectivity index (χ1n) is 15.6. The van der Waals surface area contributed by atoms with E-state index in [4.69, 9.17) is 4.99 Å². The summed E-state index contributed by atoms with van der Waals surface area (Å²) >= 11 is 1.63. The molecule has 2 heterocycles. The molecule has 0 amide bonds. The van der Waals surface area contributed by atoms with Crippen molar-refractivity contribution in [2.75, 3.05) is 32.9 Å². The number of carbonyl (C=O) groups is 1. The monoisotopic (exact) mass is 597 g/mol. The largest absolute Gasteiger partial charge is 0.350 e. The summed E-state index contributed by atoms with van der Waals surface area (Å²) in [7, 11) is 0. The number of nitrogens with one attached hydrogen (secondary N) is 1. The summed E-state index contributed by atoms with van der Waals surface area (Å²) in [5.74, 6) is 1.25. The second-order valence-electron chi connectivity index (χ2n) is 12.2. The molecule has 1 aliphatic heterocycles. The lowest BCUT2D eigenvalue weighted by Gasteiger charge is -2.43. The van der Waals surface area contributed by atoms with Crippen molar-refractivity contribution in [3.63, 3.8) is 0 Å². The van der Waals surface area contributed by atoms with Crippen LogP contribution >= 0.6 is 11.3 Å². The maximum Gasteiger partial charge on any atom is 0.154 e. The van der Waals surface area contributed by atoms with E-state index >= 15 is 0 Å². The molecule has 1 aromatic carbocycles. The Bertz CT molecular complexity index is 1380. The number of aliphatic imine (C=N–C) groups is 1. The molecule has 5 rings (SSSR count). The van der Waals surface area contributed by atoms with Gasteiger partial charge in [-0.2, -0.15) is 0 Å². The Balaban J connectivity index is 1.25. The highest BCUT2D eigenvalue weighted by Gasteiger charge is 2.38. The molecule has 43 heavy (non-hydrogen) atoms. The van der Waals surface area contributed by atoms with Crippen molar-refractivity contribution >= 4 is 23.5 Å². The summed E-state index contributed by atoms with van der Waals surface area (Å²) in [5, 5.41) is 5.69. The van der Waals surface area contributed by atoms with Gasteiger partial charge in [-0.25, -0.2) is 4.39 Å². The Kier molecular flexibility index (Phi) is 10.8. The van der Waals surface area contributed by atoms with E-state index in [1.54, 1.807) is 11.3 Å². The zero-order valence-corrected chi connectivity index (χ0v) is 26.1. The molecule has 0 radical (unpaired) electrons. The van der Waals surface area contributed by atoms with Gasteiger partial charge < -0.3 is 10.2 Å². The smallest absolute Gasteiger partial charge is 0.154 e. The lowest BCUT2D eigenvalue weighted by Crippen LogP contribution is -2.49. The third-order valence-electron chi connectivity index (χ3n) is 9.35. The Hall–Kier alpha value is -3.35. The van der Waals surface area contributed by atoms with Gasteiger partial charge in [-0.15, -0.1) is 11.3 Å². The summed E-state index contributed by atoms with van der Waals surface area (Å²) in [6, 6.07) is 14.1. The number of likely N-dealkylation sites (tertiary alicyclic amines) is 1. The molecule has 0 bridgehead atoms. The fraction of sp³-hybridized carbons (Fsp3) is 0.405. The van der Waals surface area contributed by atoms with Crippen LogP contribution in [0.4, 0.5) is 4.39 Å². The van der Waals surface area contributed by atoms with E-state index in [2.05, 4.69) is 52.9 Å². The van der Waals surface area contributed by atoms with Crippen LogP contribution < -0.4 is 5.32 Å². The molecule has 1 N–H and O–H groups in total. The van der Waals surface area contributed by atoms with Crippen LogP contribution in [0.2, 0.25) is 0 Å². The fourth-order valence-electron chi connectivity index (χ4n) is 6.47. The number of aldehydes is 1. The fourth-order valence-corrected chi connectivity index (χ4v) is 7.16. The van der Waals surface area contributed by atoms with E-state index in [-0.39, 0.29) is 12.1 Å². The van der Waals surface area contributed by atoms with E-state index in [1.165, 1.54) is 0 Å². The molecule has 1 fully saturated rings. The van der Waals surface area contributed by atoms with Gasteiger partial charge >= 0.3 is 0 Å². The van der Waals surface area contributed by atoms with E-state index in [1.807, 2.05) is 60.7 Å². The molecule has 2 aliphatic carbocycles. The second-order valence-corrected chi connectivity index (χ2v) is 13.1. The average Bonchev–Trinajstić information content (AvgIpc) is 3.28. The molecule has 226 valence electrons. The van der Waals surface area contributed by atoms with Crippen LogP contribution in [0.3, 0.4) is 0 Å². The molecule has 2 atom stereocenters. The Morgan fingerprint density at radius 1 is 1.12 bits per heavy atom. The average molecular weight is 598 g/mol. The lowest BCUT2D eigenvalue weighted by atomic mass is 9.69. The van der Waals surface area contributed by atoms with Crippen LogP contribution in [0.25, 0.3) is 0 Å². The number of nitrogens with zero attached hydrogens (tertiary/aromatic N) is 2. The maximum absolute atomic E-state index is 13.2. The Morgan fingerprint density at radius 3 is 2.70 bits per heavy atom. The minimum atomic E-state index is -1.02. The number of carbonyl (C=O) groups excluding carboxylic acids is 1. The van der Waals surface area contributed by atoms with Gasteiger partial charge in [-0.1, -0.05) is 91.9 Å². The summed E-state index contributed by atoms with van der Waals surface area (Å²) in [6.45, 7) is 5.93. The van der Waals surface area contributed by atoms with Crippen LogP contribution in [-0.2, 0) is 10.3 Å². The first-order valence-corrected chi connectivity index (χ1v) is 16.5. The predicted molar refractivity (Wildman–Crippen MR) is 178 cm³/mol. The van der Waals surface area contributed by atoms with Gasteiger partial charge in [-0.05, 0) is 97.6 Å². The Morgan fingerprint density at radius 2 is 1.95 bits per heavy atom. The van der Waals surface area contributed by atoms with Gasteiger partial charge in [-0.3, -0.25) is 9.79 Å². The minimum Gasteiger partial charge on any atom is -0.350 e. The highest BCUT2D eigenvalue weighted by Crippen LogP contribution is 2.42. The van der Waals surface area contributed by atoms with Crippen LogP contribution in [0.1, 0.15) is 55.9 Å². The first-order chi connectivity index (χ1) is 21.1. The zero-order chi connectivity index (χ0) is 30.0. The number of hydrogen-bond acceptors (Lipinski definition) is 4. The van der Waals surface area contributed by atoms with E-state index < -0.39 is 5.54 Å². The normalized spacial score (nSPS) is 22.2. The van der Waals surface area contributed by atoms with Crippen LogP contribution in [0.5, 0.6) is 0 Å². The molecule has 0 saturated carbocycles.